The zero-order chi connectivity index (χ0) is 18.0. The SMILES string of the molecule is CC(C)N(CCn1c(-c2ccc(O)cc2)nc2ccccc21)C(C)C. The summed E-state index contributed by atoms with van der Waals surface area (Å²) >= 11 is 0. The lowest BCUT2D eigenvalue weighted by molar-refractivity contribution is 0.169. The maximum absolute atomic E-state index is 9.58. The van der Waals surface area contributed by atoms with E-state index in [1.54, 1.807) is 12.1 Å². The Kier molecular flexibility index (Phi) is 5.09. The highest BCUT2D eigenvalue weighted by Crippen LogP contribution is 2.26. The molecular formula is C21H27N3O. The van der Waals surface area contributed by atoms with Gasteiger partial charge < -0.3 is 9.67 Å². The van der Waals surface area contributed by atoms with Gasteiger partial charge in [-0.15, -0.1) is 0 Å². The topological polar surface area (TPSA) is 41.3 Å². The fraction of sp³-hybridized carbons (Fsp3) is 0.381. The number of hydrogen-bond acceptors (Lipinski definition) is 3. The molecule has 0 bridgehead atoms. The van der Waals surface area contributed by atoms with Crippen molar-refractivity contribution in [2.75, 3.05) is 6.54 Å². The molecule has 3 aromatic rings. The number of fused-ring (bicyclic) bond motifs is 1. The Balaban J connectivity index is 2.00. The van der Waals surface area contributed by atoms with Gasteiger partial charge in [0.25, 0.3) is 0 Å². The van der Waals surface area contributed by atoms with Crippen molar-refractivity contribution >= 4 is 11.0 Å². The molecular weight excluding hydrogens is 310 g/mol. The highest BCUT2D eigenvalue weighted by atomic mass is 16.3. The quantitative estimate of drug-likeness (QED) is 0.718. The number of para-hydroxylation sites is 2. The molecule has 4 heteroatoms. The molecule has 2 aromatic carbocycles. The Morgan fingerprint density at radius 2 is 1.60 bits per heavy atom. The van der Waals surface area contributed by atoms with Gasteiger partial charge in [0.1, 0.15) is 11.6 Å². The number of hydrogen-bond donors (Lipinski definition) is 1. The number of nitrogens with zero attached hydrogens (tertiary/aromatic N) is 3. The Morgan fingerprint density at radius 1 is 0.960 bits per heavy atom. The van der Waals surface area contributed by atoms with Crippen molar-refractivity contribution in [3.63, 3.8) is 0 Å². The lowest BCUT2D eigenvalue weighted by Gasteiger charge is -2.30. The number of benzene rings is 2. The van der Waals surface area contributed by atoms with Crippen molar-refractivity contribution in [1.29, 1.82) is 0 Å². The molecule has 132 valence electrons. The zero-order valence-corrected chi connectivity index (χ0v) is 15.5. The van der Waals surface area contributed by atoms with Gasteiger partial charge in [0.2, 0.25) is 0 Å². The highest BCUT2D eigenvalue weighted by Gasteiger charge is 2.16. The average molecular weight is 337 g/mol. The molecule has 0 aliphatic heterocycles. The number of aromatic nitrogens is 2. The fourth-order valence-corrected chi connectivity index (χ4v) is 3.46. The van der Waals surface area contributed by atoms with Gasteiger partial charge >= 0.3 is 0 Å². The maximum Gasteiger partial charge on any atom is 0.141 e. The van der Waals surface area contributed by atoms with E-state index in [4.69, 9.17) is 4.98 Å². The van der Waals surface area contributed by atoms with E-state index in [9.17, 15) is 5.11 Å². The summed E-state index contributed by atoms with van der Waals surface area (Å²) in [6.45, 7) is 10.8. The number of phenolic OH excluding ortho intramolecular Hbond substituents is 1. The van der Waals surface area contributed by atoms with Crippen LogP contribution in [0, 0.1) is 0 Å². The summed E-state index contributed by atoms with van der Waals surface area (Å²) in [5.41, 5.74) is 3.18. The van der Waals surface area contributed by atoms with Crippen LogP contribution in [0.15, 0.2) is 48.5 Å². The molecule has 1 N–H and O–H groups in total. The molecule has 25 heavy (non-hydrogen) atoms. The first-order valence-electron chi connectivity index (χ1n) is 8.98. The summed E-state index contributed by atoms with van der Waals surface area (Å²) in [7, 11) is 0. The normalized spacial score (nSPS) is 12.0. The molecule has 1 heterocycles. The van der Waals surface area contributed by atoms with Gasteiger partial charge in [-0.2, -0.15) is 0 Å². The minimum absolute atomic E-state index is 0.275. The predicted molar refractivity (Wildman–Crippen MR) is 104 cm³/mol. The monoisotopic (exact) mass is 337 g/mol. The number of rotatable bonds is 6. The van der Waals surface area contributed by atoms with Crippen LogP contribution in [-0.2, 0) is 6.54 Å². The second kappa shape index (κ2) is 7.28. The minimum atomic E-state index is 0.275. The van der Waals surface area contributed by atoms with E-state index < -0.39 is 0 Å². The lowest BCUT2D eigenvalue weighted by Crippen LogP contribution is -2.39. The second-order valence-electron chi connectivity index (χ2n) is 7.05. The summed E-state index contributed by atoms with van der Waals surface area (Å²) in [5.74, 6) is 1.23. The van der Waals surface area contributed by atoms with Gasteiger partial charge in [0, 0.05) is 30.7 Å². The van der Waals surface area contributed by atoms with E-state index in [1.807, 2.05) is 18.2 Å². The van der Waals surface area contributed by atoms with Crippen LogP contribution in [0.2, 0.25) is 0 Å². The van der Waals surface area contributed by atoms with Crippen molar-refractivity contribution in [2.45, 2.75) is 46.3 Å². The lowest BCUT2D eigenvalue weighted by atomic mass is 10.2. The third-order valence-electron chi connectivity index (χ3n) is 4.69. The van der Waals surface area contributed by atoms with Crippen molar-refractivity contribution in [3.05, 3.63) is 48.5 Å². The van der Waals surface area contributed by atoms with Crippen LogP contribution in [-0.4, -0.2) is 38.2 Å². The van der Waals surface area contributed by atoms with Gasteiger partial charge in [-0.3, -0.25) is 4.90 Å². The molecule has 0 radical (unpaired) electrons. The van der Waals surface area contributed by atoms with Crippen LogP contribution in [0.25, 0.3) is 22.4 Å². The van der Waals surface area contributed by atoms with Crippen LogP contribution in [0.3, 0.4) is 0 Å². The molecule has 0 saturated heterocycles. The van der Waals surface area contributed by atoms with Gasteiger partial charge in [0.05, 0.1) is 11.0 Å². The summed E-state index contributed by atoms with van der Waals surface area (Å²) < 4.78 is 2.29. The summed E-state index contributed by atoms with van der Waals surface area (Å²) in [4.78, 5) is 7.34. The molecule has 0 aliphatic rings. The molecule has 0 unspecified atom stereocenters. The maximum atomic E-state index is 9.58. The first kappa shape index (κ1) is 17.5. The third kappa shape index (κ3) is 3.69. The van der Waals surface area contributed by atoms with E-state index >= 15 is 0 Å². The van der Waals surface area contributed by atoms with E-state index in [0.717, 1.165) is 35.5 Å². The van der Waals surface area contributed by atoms with E-state index in [-0.39, 0.29) is 5.75 Å². The third-order valence-corrected chi connectivity index (χ3v) is 4.69. The number of imidazole rings is 1. The largest absolute Gasteiger partial charge is 0.508 e. The minimum Gasteiger partial charge on any atom is -0.508 e. The number of phenols is 1. The van der Waals surface area contributed by atoms with Gasteiger partial charge in [-0.1, -0.05) is 12.1 Å². The smallest absolute Gasteiger partial charge is 0.141 e. The molecule has 0 aliphatic carbocycles. The molecule has 3 rings (SSSR count). The van der Waals surface area contributed by atoms with E-state index in [0.29, 0.717) is 12.1 Å². The Morgan fingerprint density at radius 3 is 2.24 bits per heavy atom. The molecule has 4 nitrogen and oxygen atoms in total. The molecule has 0 fully saturated rings. The highest BCUT2D eigenvalue weighted by molar-refractivity contribution is 5.80. The molecule has 0 amide bonds. The van der Waals surface area contributed by atoms with Crippen molar-refractivity contribution < 1.29 is 5.11 Å². The summed E-state index contributed by atoms with van der Waals surface area (Å²) in [6, 6.07) is 16.6. The van der Waals surface area contributed by atoms with E-state index in [2.05, 4.69) is 55.4 Å². The van der Waals surface area contributed by atoms with Crippen LogP contribution < -0.4 is 0 Å². The first-order valence-corrected chi connectivity index (χ1v) is 8.98. The van der Waals surface area contributed by atoms with Crippen LogP contribution in [0.5, 0.6) is 5.75 Å². The molecule has 0 saturated carbocycles. The fourth-order valence-electron chi connectivity index (χ4n) is 3.46. The van der Waals surface area contributed by atoms with Crippen molar-refractivity contribution in [1.82, 2.24) is 14.5 Å². The Hall–Kier alpha value is -2.33. The Bertz CT molecular complexity index is 826. The van der Waals surface area contributed by atoms with Crippen LogP contribution >= 0.6 is 0 Å². The first-order chi connectivity index (χ1) is 12.0. The predicted octanol–water partition coefficient (Wildman–Crippen LogP) is 4.53. The summed E-state index contributed by atoms with van der Waals surface area (Å²) in [5, 5.41) is 9.58. The average Bonchev–Trinajstić information content (AvgIpc) is 2.94. The van der Waals surface area contributed by atoms with Gasteiger partial charge in [-0.25, -0.2) is 4.98 Å². The second-order valence-corrected chi connectivity index (χ2v) is 7.05. The molecule has 0 spiro atoms. The molecule has 1 aromatic heterocycles. The standard InChI is InChI=1S/C21H27N3O/c1-15(2)23(16(3)4)13-14-24-20-8-6-5-7-19(20)22-21(24)17-9-11-18(25)12-10-17/h5-12,15-16,25H,13-14H2,1-4H3. The Labute approximate surface area is 149 Å². The van der Waals surface area contributed by atoms with Crippen molar-refractivity contribution in [2.24, 2.45) is 0 Å². The van der Waals surface area contributed by atoms with Gasteiger partial charge in [0.15, 0.2) is 0 Å². The van der Waals surface area contributed by atoms with Crippen LogP contribution in [0.4, 0.5) is 0 Å². The van der Waals surface area contributed by atoms with Crippen molar-refractivity contribution in [3.8, 4) is 17.1 Å². The number of aromatic hydroxyl groups is 1. The van der Waals surface area contributed by atoms with Crippen LogP contribution in [0.1, 0.15) is 27.7 Å². The molecule has 0 atom stereocenters. The van der Waals surface area contributed by atoms with Gasteiger partial charge in [-0.05, 0) is 64.1 Å². The van der Waals surface area contributed by atoms with E-state index in [1.165, 1.54) is 0 Å². The zero-order valence-electron chi connectivity index (χ0n) is 15.5. The summed E-state index contributed by atoms with van der Waals surface area (Å²) in [6.07, 6.45) is 0.